The van der Waals surface area contributed by atoms with Crippen molar-refractivity contribution in [2.75, 3.05) is 6.54 Å². The molecule has 3 N–H and O–H groups in total. The molecule has 16 heavy (non-hydrogen) atoms. The summed E-state index contributed by atoms with van der Waals surface area (Å²) in [5.74, 6) is 0.0939. The lowest BCUT2D eigenvalue weighted by atomic mass is 10.2. The summed E-state index contributed by atoms with van der Waals surface area (Å²) in [5, 5.41) is 2.88. The van der Waals surface area contributed by atoms with Crippen LogP contribution in [0.15, 0.2) is 28.7 Å². The first kappa shape index (κ1) is 13.2. The van der Waals surface area contributed by atoms with Gasteiger partial charge in [0.2, 0.25) is 5.91 Å². The molecule has 0 aliphatic heterocycles. The smallest absolute Gasteiger partial charge is 0.220 e. The van der Waals surface area contributed by atoms with Crippen molar-refractivity contribution in [3.8, 4) is 0 Å². The molecule has 0 saturated carbocycles. The van der Waals surface area contributed by atoms with Gasteiger partial charge < -0.3 is 11.1 Å². The molecule has 3 nitrogen and oxygen atoms in total. The maximum Gasteiger partial charge on any atom is 0.220 e. The number of hydrogen-bond acceptors (Lipinski definition) is 2. The molecular formula is C12H17BrN2O. The van der Waals surface area contributed by atoms with E-state index < -0.39 is 0 Å². The molecule has 1 aromatic rings. The minimum absolute atomic E-state index is 0.0939. The van der Waals surface area contributed by atoms with Gasteiger partial charge in [-0.3, -0.25) is 4.79 Å². The van der Waals surface area contributed by atoms with Crippen LogP contribution in [-0.2, 0) is 11.3 Å². The van der Waals surface area contributed by atoms with Crippen LogP contribution in [0.3, 0.4) is 0 Å². The minimum Gasteiger partial charge on any atom is -0.352 e. The van der Waals surface area contributed by atoms with Crippen molar-refractivity contribution in [1.29, 1.82) is 0 Å². The lowest BCUT2D eigenvalue weighted by molar-refractivity contribution is -0.121. The van der Waals surface area contributed by atoms with Gasteiger partial charge in [0.15, 0.2) is 0 Å². The Bertz CT molecular complexity index is 324. The van der Waals surface area contributed by atoms with E-state index in [9.17, 15) is 4.79 Å². The molecule has 1 amide bonds. The molecule has 4 heteroatoms. The summed E-state index contributed by atoms with van der Waals surface area (Å²) < 4.78 is 1.05. The summed E-state index contributed by atoms with van der Waals surface area (Å²) >= 11 is 3.37. The number of nitrogens with one attached hydrogen (secondary N) is 1. The largest absolute Gasteiger partial charge is 0.352 e. The van der Waals surface area contributed by atoms with Crippen LogP contribution in [0.1, 0.15) is 24.8 Å². The molecule has 0 heterocycles. The SMILES string of the molecule is NCCCCC(=O)NCc1ccc(Br)cc1. The fourth-order valence-electron chi connectivity index (χ4n) is 1.32. The quantitative estimate of drug-likeness (QED) is 0.787. The first-order chi connectivity index (χ1) is 7.72. The highest BCUT2D eigenvalue weighted by Crippen LogP contribution is 2.10. The predicted octanol–water partition coefficient (Wildman–Crippen LogP) is 2.19. The number of carbonyl (C=O) groups is 1. The summed E-state index contributed by atoms with van der Waals surface area (Å²) in [7, 11) is 0. The first-order valence-corrected chi connectivity index (χ1v) is 6.23. The maximum atomic E-state index is 11.4. The Kier molecular flexibility index (Phi) is 6.11. The molecule has 0 atom stereocenters. The summed E-state index contributed by atoms with van der Waals surface area (Å²) in [5.41, 5.74) is 6.46. The van der Waals surface area contributed by atoms with Crippen LogP contribution in [0.2, 0.25) is 0 Å². The number of amides is 1. The zero-order valence-corrected chi connectivity index (χ0v) is 10.8. The van der Waals surface area contributed by atoms with Gasteiger partial charge in [-0.25, -0.2) is 0 Å². The second-order valence-electron chi connectivity index (χ2n) is 3.65. The van der Waals surface area contributed by atoms with Gasteiger partial charge >= 0.3 is 0 Å². The molecule has 0 spiro atoms. The number of hydrogen-bond donors (Lipinski definition) is 2. The number of carbonyl (C=O) groups excluding carboxylic acids is 1. The van der Waals surface area contributed by atoms with Crippen LogP contribution in [0.25, 0.3) is 0 Å². The summed E-state index contributed by atoms with van der Waals surface area (Å²) in [6.45, 7) is 1.24. The van der Waals surface area contributed by atoms with Gasteiger partial charge in [0.05, 0.1) is 0 Å². The van der Waals surface area contributed by atoms with Crippen molar-refractivity contribution in [3.05, 3.63) is 34.3 Å². The monoisotopic (exact) mass is 284 g/mol. The molecule has 1 aromatic carbocycles. The van der Waals surface area contributed by atoms with Crippen LogP contribution in [0, 0.1) is 0 Å². The number of rotatable bonds is 6. The van der Waals surface area contributed by atoms with E-state index in [4.69, 9.17) is 5.73 Å². The van der Waals surface area contributed by atoms with E-state index in [0.717, 1.165) is 22.9 Å². The number of benzene rings is 1. The molecular weight excluding hydrogens is 268 g/mol. The molecule has 0 bridgehead atoms. The molecule has 0 aromatic heterocycles. The molecule has 0 fully saturated rings. The lowest BCUT2D eigenvalue weighted by Crippen LogP contribution is -2.22. The van der Waals surface area contributed by atoms with E-state index in [1.807, 2.05) is 24.3 Å². The van der Waals surface area contributed by atoms with Crippen molar-refractivity contribution < 1.29 is 4.79 Å². The van der Waals surface area contributed by atoms with Crippen molar-refractivity contribution in [1.82, 2.24) is 5.32 Å². The third-order valence-corrected chi connectivity index (χ3v) is 2.79. The fraction of sp³-hybridized carbons (Fsp3) is 0.417. The van der Waals surface area contributed by atoms with E-state index in [2.05, 4.69) is 21.2 Å². The second-order valence-corrected chi connectivity index (χ2v) is 4.56. The van der Waals surface area contributed by atoms with Gasteiger partial charge in [-0.1, -0.05) is 28.1 Å². The topological polar surface area (TPSA) is 55.1 Å². The average molecular weight is 285 g/mol. The van der Waals surface area contributed by atoms with E-state index in [1.54, 1.807) is 0 Å². The molecule has 0 aliphatic carbocycles. The standard InChI is InChI=1S/C12H17BrN2O/c13-11-6-4-10(5-7-11)9-15-12(16)3-1-2-8-14/h4-7H,1-3,8-9,14H2,(H,15,16). The molecule has 0 radical (unpaired) electrons. The minimum atomic E-state index is 0.0939. The maximum absolute atomic E-state index is 11.4. The number of halogens is 1. The van der Waals surface area contributed by atoms with Crippen LogP contribution in [0.4, 0.5) is 0 Å². The van der Waals surface area contributed by atoms with Gasteiger partial charge in [0, 0.05) is 17.4 Å². The van der Waals surface area contributed by atoms with Crippen LogP contribution in [-0.4, -0.2) is 12.5 Å². The van der Waals surface area contributed by atoms with E-state index in [0.29, 0.717) is 19.5 Å². The Morgan fingerprint density at radius 2 is 1.94 bits per heavy atom. The van der Waals surface area contributed by atoms with Crippen LogP contribution < -0.4 is 11.1 Å². The second kappa shape index (κ2) is 7.41. The number of nitrogens with two attached hydrogens (primary N) is 1. The van der Waals surface area contributed by atoms with Crippen molar-refractivity contribution in [2.45, 2.75) is 25.8 Å². The summed E-state index contributed by atoms with van der Waals surface area (Å²) in [6.07, 6.45) is 2.34. The fourth-order valence-corrected chi connectivity index (χ4v) is 1.59. The van der Waals surface area contributed by atoms with Crippen molar-refractivity contribution in [2.24, 2.45) is 5.73 Å². The molecule has 0 unspecified atom stereocenters. The highest BCUT2D eigenvalue weighted by atomic mass is 79.9. The van der Waals surface area contributed by atoms with Gasteiger partial charge in [-0.2, -0.15) is 0 Å². The Balaban J connectivity index is 2.23. The van der Waals surface area contributed by atoms with Crippen molar-refractivity contribution in [3.63, 3.8) is 0 Å². The normalized spacial score (nSPS) is 10.1. The summed E-state index contributed by atoms with van der Waals surface area (Å²) in [4.78, 5) is 11.4. The van der Waals surface area contributed by atoms with E-state index in [-0.39, 0.29) is 5.91 Å². The molecule has 0 aliphatic rings. The van der Waals surface area contributed by atoms with Crippen LogP contribution >= 0.6 is 15.9 Å². The summed E-state index contributed by atoms with van der Waals surface area (Å²) in [6, 6.07) is 7.92. The van der Waals surface area contributed by atoms with E-state index in [1.165, 1.54) is 0 Å². The third kappa shape index (κ3) is 5.28. The highest BCUT2D eigenvalue weighted by molar-refractivity contribution is 9.10. The zero-order valence-electron chi connectivity index (χ0n) is 9.21. The highest BCUT2D eigenvalue weighted by Gasteiger charge is 2.00. The Hall–Kier alpha value is -0.870. The van der Waals surface area contributed by atoms with E-state index >= 15 is 0 Å². The third-order valence-electron chi connectivity index (χ3n) is 2.26. The van der Waals surface area contributed by atoms with Gasteiger partial charge in [-0.05, 0) is 37.1 Å². The van der Waals surface area contributed by atoms with Gasteiger partial charge in [0.25, 0.3) is 0 Å². The average Bonchev–Trinajstić information content (AvgIpc) is 2.29. The Morgan fingerprint density at radius 1 is 1.25 bits per heavy atom. The van der Waals surface area contributed by atoms with Crippen LogP contribution in [0.5, 0.6) is 0 Å². The molecule has 0 saturated heterocycles. The molecule has 1 rings (SSSR count). The molecule has 88 valence electrons. The van der Waals surface area contributed by atoms with Crippen molar-refractivity contribution >= 4 is 21.8 Å². The zero-order chi connectivity index (χ0) is 11.8. The predicted molar refractivity (Wildman–Crippen MR) is 68.9 cm³/mol. The first-order valence-electron chi connectivity index (χ1n) is 5.43. The lowest BCUT2D eigenvalue weighted by Gasteiger charge is -2.05. The van der Waals surface area contributed by atoms with Gasteiger partial charge in [-0.15, -0.1) is 0 Å². The Morgan fingerprint density at radius 3 is 2.56 bits per heavy atom. The van der Waals surface area contributed by atoms with Gasteiger partial charge in [0.1, 0.15) is 0 Å². The number of unbranched alkanes of at least 4 members (excludes halogenated alkanes) is 1. The Labute approximate surface area is 105 Å².